The first kappa shape index (κ1) is 20.4. The lowest BCUT2D eigenvalue weighted by Gasteiger charge is -2.24. The molecule has 6 nitrogen and oxygen atoms in total. The first-order valence-electron chi connectivity index (χ1n) is 8.98. The number of amides is 1. The quantitative estimate of drug-likeness (QED) is 0.642. The van der Waals surface area contributed by atoms with E-state index in [-0.39, 0.29) is 11.4 Å². The Morgan fingerprint density at radius 2 is 1.55 bits per heavy atom. The Balaban J connectivity index is 1.91. The van der Waals surface area contributed by atoms with Crippen molar-refractivity contribution >= 4 is 27.3 Å². The first-order valence-corrected chi connectivity index (χ1v) is 10.4. The molecule has 0 bridgehead atoms. The molecule has 3 aromatic rings. The molecule has 0 aliphatic rings. The maximum absolute atomic E-state index is 13.2. The van der Waals surface area contributed by atoms with Crippen LogP contribution in [0.2, 0.25) is 0 Å². The fraction of sp³-hybridized carbons (Fsp3) is 0.136. The number of sulfonamides is 1. The largest absolute Gasteiger partial charge is 0.497 e. The van der Waals surface area contributed by atoms with Crippen molar-refractivity contribution in [2.75, 3.05) is 23.3 Å². The smallest absolute Gasteiger partial charge is 0.264 e. The highest BCUT2D eigenvalue weighted by Crippen LogP contribution is 2.25. The normalized spacial score (nSPS) is 11.0. The Bertz CT molecular complexity index is 1060. The molecular formula is C22H22N2O4S. The lowest BCUT2D eigenvalue weighted by Crippen LogP contribution is -2.38. The SMILES string of the molecule is COc1ccc(N(CC(=O)Nc2ccc(C)cc2)S(=O)(=O)c2ccccc2)cc1. The zero-order valence-electron chi connectivity index (χ0n) is 16.2. The van der Waals surface area contributed by atoms with Crippen LogP contribution in [0.1, 0.15) is 5.56 Å². The molecule has 29 heavy (non-hydrogen) atoms. The van der Waals surface area contributed by atoms with E-state index in [2.05, 4.69) is 5.32 Å². The predicted octanol–water partition coefficient (Wildman–Crippen LogP) is 3.84. The molecule has 0 saturated carbocycles. The minimum absolute atomic E-state index is 0.110. The van der Waals surface area contributed by atoms with Crippen molar-refractivity contribution < 1.29 is 17.9 Å². The summed E-state index contributed by atoms with van der Waals surface area (Å²) in [6.07, 6.45) is 0. The van der Waals surface area contributed by atoms with Gasteiger partial charge in [-0.1, -0.05) is 35.9 Å². The number of anilines is 2. The molecule has 0 aliphatic heterocycles. The lowest BCUT2D eigenvalue weighted by molar-refractivity contribution is -0.114. The van der Waals surface area contributed by atoms with Crippen molar-refractivity contribution in [3.05, 3.63) is 84.4 Å². The second-order valence-corrected chi connectivity index (χ2v) is 8.30. The molecule has 150 valence electrons. The monoisotopic (exact) mass is 410 g/mol. The highest BCUT2D eigenvalue weighted by atomic mass is 32.2. The van der Waals surface area contributed by atoms with Gasteiger partial charge in [0.05, 0.1) is 17.7 Å². The first-order chi connectivity index (χ1) is 13.9. The third-order valence-electron chi connectivity index (χ3n) is 4.31. The molecule has 1 amide bonds. The Morgan fingerprint density at radius 3 is 2.14 bits per heavy atom. The summed E-state index contributed by atoms with van der Waals surface area (Å²) in [5, 5.41) is 2.75. The summed E-state index contributed by atoms with van der Waals surface area (Å²) in [5.41, 5.74) is 2.04. The second kappa shape index (κ2) is 8.79. The molecule has 0 aromatic heterocycles. The topological polar surface area (TPSA) is 75.7 Å². The Kier molecular flexibility index (Phi) is 6.19. The van der Waals surface area contributed by atoms with Gasteiger partial charge in [0, 0.05) is 5.69 Å². The third-order valence-corrected chi connectivity index (χ3v) is 6.10. The number of carbonyl (C=O) groups excluding carboxylic acids is 1. The van der Waals surface area contributed by atoms with Crippen molar-refractivity contribution in [2.24, 2.45) is 0 Å². The molecule has 0 fully saturated rings. The highest BCUT2D eigenvalue weighted by molar-refractivity contribution is 7.92. The second-order valence-electron chi connectivity index (χ2n) is 6.44. The van der Waals surface area contributed by atoms with Crippen LogP contribution in [-0.2, 0) is 14.8 Å². The van der Waals surface area contributed by atoms with Gasteiger partial charge in [0.2, 0.25) is 5.91 Å². The maximum Gasteiger partial charge on any atom is 0.264 e. The van der Waals surface area contributed by atoms with Gasteiger partial charge in [-0.15, -0.1) is 0 Å². The minimum atomic E-state index is -3.94. The number of hydrogen-bond donors (Lipinski definition) is 1. The molecule has 7 heteroatoms. The number of nitrogens with zero attached hydrogens (tertiary/aromatic N) is 1. The Labute approximate surface area is 170 Å². The summed E-state index contributed by atoms with van der Waals surface area (Å²) < 4.78 is 32.7. The summed E-state index contributed by atoms with van der Waals surface area (Å²) in [6.45, 7) is 1.58. The molecule has 0 unspecified atom stereocenters. The van der Waals surface area contributed by atoms with E-state index in [1.807, 2.05) is 19.1 Å². The number of carbonyl (C=O) groups is 1. The van der Waals surface area contributed by atoms with Gasteiger partial charge in [-0.3, -0.25) is 9.10 Å². The summed E-state index contributed by atoms with van der Waals surface area (Å²) >= 11 is 0. The average molecular weight is 410 g/mol. The maximum atomic E-state index is 13.2. The standard InChI is InChI=1S/C22H22N2O4S/c1-17-8-10-18(11-9-17)23-22(25)16-24(19-12-14-20(28-2)15-13-19)29(26,27)21-6-4-3-5-7-21/h3-15H,16H2,1-2H3,(H,23,25). The van der Waals surface area contributed by atoms with E-state index >= 15 is 0 Å². The van der Waals surface area contributed by atoms with Crippen LogP contribution in [0.25, 0.3) is 0 Å². The van der Waals surface area contributed by atoms with Crippen LogP contribution in [0.3, 0.4) is 0 Å². The number of nitrogens with one attached hydrogen (secondary N) is 1. The molecular weight excluding hydrogens is 388 g/mol. The molecule has 3 aromatic carbocycles. The van der Waals surface area contributed by atoms with Crippen LogP contribution in [0.15, 0.2) is 83.8 Å². The minimum Gasteiger partial charge on any atom is -0.497 e. The van der Waals surface area contributed by atoms with Crippen LogP contribution >= 0.6 is 0 Å². The number of aryl methyl sites for hydroxylation is 1. The van der Waals surface area contributed by atoms with Crippen molar-refractivity contribution in [1.82, 2.24) is 0 Å². The number of hydrogen-bond acceptors (Lipinski definition) is 4. The van der Waals surface area contributed by atoms with Crippen molar-refractivity contribution in [3.63, 3.8) is 0 Å². The van der Waals surface area contributed by atoms with Crippen LogP contribution in [0.4, 0.5) is 11.4 Å². The van der Waals surface area contributed by atoms with E-state index in [9.17, 15) is 13.2 Å². The zero-order valence-corrected chi connectivity index (χ0v) is 17.0. The Morgan fingerprint density at radius 1 is 0.931 bits per heavy atom. The lowest BCUT2D eigenvalue weighted by atomic mass is 10.2. The van der Waals surface area contributed by atoms with Gasteiger partial charge < -0.3 is 10.1 Å². The molecule has 0 spiro atoms. The zero-order chi connectivity index (χ0) is 20.9. The fourth-order valence-electron chi connectivity index (χ4n) is 2.75. The van der Waals surface area contributed by atoms with Crippen LogP contribution in [-0.4, -0.2) is 28.0 Å². The fourth-order valence-corrected chi connectivity index (χ4v) is 4.19. The van der Waals surface area contributed by atoms with E-state index in [1.165, 1.54) is 19.2 Å². The van der Waals surface area contributed by atoms with Crippen LogP contribution < -0.4 is 14.4 Å². The third kappa shape index (κ3) is 4.94. The summed E-state index contributed by atoms with van der Waals surface area (Å²) in [6, 6.07) is 21.9. The van der Waals surface area contributed by atoms with Gasteiger partial charge in [0.15, 0.2) is 0 Å². The van der Waals surface area contributed by atoms with Crippen molar-refractivity contribution in [2.45, 2.75) is 11.8 Å². The highest BCUT2D eigenvalue weighted by Gasteiger charge is 2.27. The molecule has 1 N–H and O–H groups in total. The number of ether oxygens (including phenoxy) is 1. The number of benzene rings is 3. The Hall–Kier alpha value is -3.32. The summed E-state index contributed by atoms with van der Waals surface area (Å²) in [4.78, 5) is 12.8. The van der Waals surface area contributed by atoms with E-state index in [0.29, 0.717) is 17.1 Å². The van der Waals surface area contributed by atoms with Gasteiger partial charge in [-0.2, -0.15) is 0 Å². The molecule has 0 atom stereocenters. The molecule has 3 rings (SSSR count). The van der Waals surface area contributed by atoms with Crippen LogP contribution in [0.5, 0.6) is 5.75 Å². The van der Waals surface area contributed by atoms with E-state index in [4.69, 9.17) is 4.74 Å². The van der Waals surface area contributed by atoms with E-state index < -0.39 is 15.9 Å². The van der Waals surface area contributed by atoms with E-state index in [1.54, 1.807) is 54.6 Å². The molecule has 0 saturated heterocycles. The van der Waals surface area contributed by atoms with Gasteiger partial charge in [0.25, 0.3) is 10.0 Å². The van der Waals surface area contributed by atoms with Crippen LogP contribution in [0, 0.1) is 6.92 Å². The molecule has 0 heterocycles. The number of rotatable bonds is 7. The summed E-state index contributed by atoms with van der Waals surface area (Å²) in [5.74, 6) is 0.152. The molecule has 0 radical (unpaired) electrons. The number of methoxy groups -OCH3 is 1. The van der Waals surface area contributed by atoms with Crippen molar-refractivity contribution in [1.29, 1.82) is 0 Å². The van der Waals surface area contributed by atoms with Gasteiger partial charge in [0.1, 0.15) is 12.3 Å². The van der Waals surface area contributed by atoms with Gasteiger partial charge >= 0.3 is 0 Å². The van der Waals surface area contributed by atoms with Gasteiger partial charge in [-0.05, 0) is 55.5 Å². The molecule has 0 aliphatic carbocycles. The average Bonchev–Trinajstić information content (AvgIpc) is 2.74. The predicted molar refractivity (Wildman–Crippen MR) is 114 cm³/mol. The summed E-state index contributed by atoms with van der Waals surface area (Å²) in [7, 11) is -2.41. The van der Waals surface area contributed by atoms with Crippen molar-refractivity contribution in [3.8, 4) is 5.75 Å². The van der Waals surface area contributed by atoms with Gasteiger partial charge in [-0.25, -0.2) is 8.42 Å². The van der Waals surface area contributed by atoms with E-state index in [0.717, 1.165) is 9.87 Å².